The van der Waals surface area contributed by atoms with Crippen molar-refractivity contribution >= 4 is 23.5 Å². The second-order valence-electron chi connectivity index (χ2n) is 9.84. The molecule has 1 aromatic carbocycles. The third-order valence-electron chi connectivity index (χ3n) is 7.46. The predicted molar refractivity (Wildman–Crippen MR) is 131 cm³/mol. The van der Waals surface area contributed by atoms with Crippen LogP contribution in [-0.2, 0) is 9.47 Å². The number of anilines is 1. The summed E-state index contributed by atoms with van der Waals surface area (Å²) in [6.45, 7) is 5.22. The van der Waals surface area contributed by atoms with E-state index in [0.29, 0.717) is 41.6 Å². The van der Waals surface area contributed by atoms with E-state index < -0.39 is 12.1 Å². The molecule has 7 nitrogen and oxygen atoms in total. The van der Waals surface area contributed by atoms with Gasteiger partial charge in [-0.05, 0) is 49.7 Å². The summed E-state index contributed by atoms with van der Waals surface area (Å²) >= 11 is 5.91. The van der Waals surface area contributed by atoms with Gasteiger partial charge in [-0.15, -0.1) is 0 Å². The van der Waals surface area contributed by atoms with Crippen molar-refractivity contribution in [1.82, 2.24) is 15.3 Å². The average molecular weight is 503 g/mol. The smallest absolute Gasteiger partial charge is 0.254 e. The zero-order valence-corrected chi connectivity index (χ0v) is 20.7. The Morgan fingerprint density at radius 2 is 1.83 bits per heavy atom. The number of halogens is 2. The Morgan fingerprint density at radius 1 is 1.14 bits per heavy atom. The van der Waals surface area contributed by atoms with Gasteiger partial charge in [-0.2, -0.15) is 0 Å². The van der Waals surface area contributed by atoms with E-state index in [-0.39, 0.29) is 17.5 Å². The van der Waals surface area contributed by atoms with E-state index in [9.17, 15) is 9.18 Å². The summed E-state index contributed by atoms with van der Waals surface area (Å²) in [6, 6.07) is 4.79. The van der Waals surface area contributed by atoms with Crippen LogP contribution in [0.5, 0.6) is 0 Å². The number of hydrogen-bond acceptors (Lipinski definition) is 6. The van der Waals surface area contributed by atoms with Crippen molar-refractivity contribution in [2.75, 3.05) is 31.2 Å². The molecule has 5 rings (SSSR count). The first-order chi connectivity index (χ1) is 17.0. The van der Waals surface area contributed by atoms with Crippen molar-refractivity contribution in [3.05, 3.63) is 52.6 Å². The van der Waals surface area contributed by atoms with E-state index in [2.05, 4.69) is 27.1 Å². The molecule has 2 saturated heterocycles. The van der Waals surface area contributed by atoms with Crippen molar-refractivity contribution in [2.24, 2.45) is 17.8 Å². The maximum atomic E-state index is 14.6. The second kappa shape index (κ2) is 10.8. The van der Waals surface area contributed by atoms with Gasteiger partial charge in [0.1, 0.15) is 5.82 Å². The highest BCUT2D eigenvalue weighted by molar-refractivity contribution is 6.30. The molecule has 1 aromatic heterocycles. The predicted octanol–water partition coefficient (Wildman–Crippen LogP) is 4.77. The fourth-order valence-electron chi connectivity index (χ4n) is 5.36. The van der Waals surface area contributed by atoms with Gasteiger partial charge in [0.15, 0.2) is 6.29 Å². The van der Waals surface area contributed by atoms with Crippen LogP contribution in [0.1, 0.15) is 61.2 Å². The minimum atomic E-state index is -0.609. The highest BCUT2D eigenvalue weighted by Gasteiger charge is 2.35. The Balaban J connectivity index is 1.14. The van der Waals surface area contributed by atoms with Crippen LogP contribution in [-0.4, -0.2) is 48.2 Å². The van der Waals surface area contributed by atoms with Gasteiger partial charge in [0, 0.05) is 30.6 Å². The Hall–Kier alpha value is -2.29. The Kier molecular flexibility index (Phi) is 7.51. The summed E-state index contributed by atoms with van der Waals surface area (Å²) in [5, 5.41) is 3.37. The monoisotopic (exact) mass is 502 g/mol. The molecule has 0 spiro atoms. The Labute approximate surface area is 210 Å². The summed E-state index contributed by atoms with van der Waals surface area (Å²) in [6.07, 6.45) is 7.79. The lowest BCUT2D eigenvalue weighted by atomic mass is 9.75. The van der Waals surface area contributed by atoms with Crippen molar-refractivity contribution in [3.8, 4) is 0 Å². The SMILES string of the molecule is CC[C@@H](C1CCN(c2ncc(Cl)cn2)CC1)C1COC(c2ccc(C(=O)NC3CC3)c(F)c2)OC1. The van der Waals surface area contributed by atoms with Crippen molar-refractivity contribution in [1.29, 1.82) is 0 Å². The minimum absolute atomic E-state index is 0.0655. The number of aromatic nitrogens is 2. The molecule has 0 bridgehead atoms. The van der Waals surface area contributed by atoms with Crippen LogP contribution < -0.4 is 10.2 Å². The number of rotatable bonds is 7. The number of amides is 1. The van der Waals surface area contributed by atoms with Gasteiger partial charge >= 0.3 is 0 Å². The summed E-state index contributed by atoms with van der Waals surface area (Å²) < 4.78 is 26.7. The Bertz CT molecular complexity index is 1020. The molecule has 1 N–H and O–H groups in total. The first kappa shape index (κ1) is 24.4. The molecule has 2 aliphatic heterocycles. The van der Waals surface area contributed by atoms with Gasteiger partial charge in [0.2, 0.25) is 5.95 Å². The lowest BCUT2D eigenvalue weighted by Gasteiger charge is -2.41. The van der Waals surface area contributed by atoms with E-state index in [1.54, 1.807) is 18.5 Å². The van der Waals surface area contributed by atoms with Gasteiger partial charge in [-0.1, -0.05) is 31.0 Å². The molecular formula is C26H32ClFN4O3. The number of nitrogens with one attached hydrogen (secondary N) is 1. The summed E-state index contributed by atoms with van der Waals surface area (Å²) in [5.74, 6) is 1.21. The van der Waals surface area contributed by atoms with Crippen LogP contribution in [0.4, 0.5) is 10.3 Å². The molecule has 1 amide bonds. The van der Waals surface area contributed by atoms with E-state index >= 15 is 0 Å². The molecule has 1 aliphatic carbocycles. The molecule has 2 aromatic rings. The number of nitrogens with zero attached hydrogens (tertiary/aromatic N) is 3. The molecule has 3 aliphatic rings. The van der Waals surface area contributed by atoms with Crippen LogP contribution in [0, 0.1) is 23.6 Å². The van der Waals surface area contributed by atoms with Gasteiger partial charge in [0.25, 0.3) is 5.91 Å². The summed E-state index contributed by atoms with van der Waals surface area (Å²) in [4.78, 5) is 23.1. The highest BCUT2D eigenvalue weighted by Crippen LogP contribution is 2.37. The summed E-state index contributed by atoms with van der Waals surface area (Å²) in [5.41, 5.74) is 0.670. The van der Waals surface area contributed by atoms with Gasteiger partial charge in [-0.25, -0.2) is 14.4 Å². The van der Waals surface area contributed by atoms with Crippen molar-refractivity contribution < 1.29 is 18.7 Å². The largest absolute Gasteiger partial charge is 0.349 e. The van der Waals surface area contributed by atoms with Crippen molar-refractivity contribution in [3.63, 3.8) is 0 Å². The van der Waals surface area contributed by atoms with Gasteiger partial charge in [-0.3, -0.25) is 4.79 Å². The van der Waals surface area contributed by atoms with Crippen LogP contribution in [0.3, 0.4) is 0 Å². The molecule has 0 unspecified atom stereocenters. The number of carbonyl (C=O) groups is 1. The van der Waals surface area contributed by atoms with Gasteiger partial charge < -0.3 is 19.7 Å². The second-order valence-corrected chi connectivity index (χ2v) is 10.3. The quantitative estimate of drug-likeness (QED) is 0.588. The molecule has 3 heterocycles. The molecule has 0 radical (unpaired) electrons. The van der Waals surface area contributed by atoms with E-state index in [1.807, 2.05) is 0 Å². The first-order valence-corrected chi connectivity index (χ1v) is 13.0. The lowest BCUT2D eigenvalue weighted by molar-refractivity contribution is -0.216. The summed E-state index contributed by atoms with van der Waals surface area (Å²) in [7, 11) is 0. The number of carbonyl (C=O) groups excluding carboxylic acids is 1. The average Bonchev–Trinajstić information content (AvgIpc) is 3.70. The third kappa shape index (κ3) is 5.76. The topological polar surface area (TPSA) is 76.6 Å². The van der Waals surface area contributed by atoms with Crippen molar-refractivity contribution in [2.45, 2.75) is 51.4 Å². The number of ether oxygens (including phenoxy) is 2. The number of hydrogen-bond donors (Lipinski definition) is 1. The molecule has 3 fully saturated rings. The van der Waals surface area contributed by atoms with Gasteiger partial charge in [0.05, 0.1) is 36.2 Å². The van der Waals surface area contributed by atoms with E-state index in [0.717, 1.165) is 51.1 Å². The zero-order valence-electron chi connectivity index (χ0n) is 20.0. The Morgan fingerprint density at radius 3 is 2.43 bits per heavy atom. The highest BCUT2D eigenvalue weighted by atomic mass is 35.5. The zero-order chi connectivity index (χ0) is 24.4. The molecular weight excluding hydrogens is 471 g/mol. The van der Waals surface area contributed by atoms with Crippen LogP contribution in [0.2, 0.25) is 5.02 Å². The fraction of sp³-hybridized carbons (Fsp3) is 0.577. The molecule has 9 heteroatoms. The van der Waals surface area contributed by atoms with Crippen LogP contribution in [0.15, 0.2) is 30.6 Å². The fourth-order valence-corrected chi connectivity index (χ4v) is 5.46. The third-order valence-corrected chi connectivity index (χ3v) is 7.65. The molecule has 188 valence electrons. The molecule has 35 heavy (non-hydrogen) atoms. The van der Waals surface area contributed by atoms with Crippen LogP contribution >= 0.6 is 11.6 Å². The first-order valence-electron chi connectivity index (χ1n) is 12.6. The normalized spacial score (nSPS) is 24.3. The maximum absolute atomic E-state index is 14.6. The number of piperidine rings is 1. The number of benzene rings is 1. The van der Waals surface area contributed by atoms with E-state index in [1.165, 1.54) is 12.1 Å². The molecule has 1 saturated carbocycles. The minimum Gasteiger partial charge on any atom is -0.349 e. The van der Waals surface area contributed by atoms with Crippen LogP contribution in [0.25, 0.3) is 0 Å². The van der Waals surface area contributed by atoms with E-state index in [4.69, 9.17) is 21.1 Å². The standard InChI is InChI=1S/C26H32ClFN4O3/c1-2-21(16-7-9-32(10-8-16)26-29-12-19(27)13-30-26)18-14-34-25(35-15-18)17-3-6-22(23(28)11-17)24(33)31-20-4-5-20/h3,6,11-13,16,18,20-21,25H,2,4-5,7-10,14-15H2,1H3,(H,31,33)/t18?,21-,25?/m0/s1. The lowest BCUT2D eigenvalue weighted by Crippen LogP contribution is -2.41. The molecule has 1 atom stereocenters. The maximum Gasteiger partial charge on any atom is 0.254 e.